The lowest BCUT2D eigenvalue weighted by Gasteiger charge is -2.63. The van der Waals surface area contributed by atoms with Crippen LogP contribution < -0.4 is 0 Å². The Bertz CT molecular complexity index is 875. The molecule has 0 radical (unpaired) electrons. The molecule has 164 valence electrons. The Labute approximate surface area is 183 Å². The number of carbonyl (C=O) groups excluding carboxylic acids is 2. The predicted molar refractivity (Wildman–Crippen MR) is 121 cm³/mol. The Morgan fingerprint density at radius 2 is 1.63 bits per heavy atom. The molecule has 3 fully saturated rings. The van der Waals surface area contributed by atoms with Gasteiger partial charge in [0, 0.05) is 17.8 Å². The Morgan fingerprint density at radius 1 is 0.900 bits per heavy atom. The summed E-state index contributed by atoms with van der Waals surface area (Å²) in [5.41, 5.74) is 2.93. The Kier molecular flexibility index (Phi) is 4.28. The van der Waals surface area contributed by atoms with E-state index in [4.69, 9.17) is 0 Å². The van der Waals surface area contributed by atoms with Gasteiger partial charge >= 0.3 is 0 Å². The molecular weight excluding hydrogens is 368 g/mol. The molecule has 0 aromatic carbocycles. The van der Waals surface area contributed by atoms with Gasteiger partial charge in [-0.25, -0.2) is 0 Å². The highest BCUT2D eigenvalue weighted by molar-refractivity contribution is 5.97. The third-order valence-corrected chi connectivity index (χ3v) is 10.8. The van der Waals surface area contributed by atoms with Gasteiger partial charge in [0.05, 0.1) is 0 Å². The summed E-state index contributed by atoms with van der Waals surface area (Å²) in [6.07, 6.45) is 13.5. The van der Waals surface area contributed by atoms with Crippen LogP contribution in [-0.4, -0.2) is 11.6 Å². The zero-order chi connectivity index (χ0) is 21.7. The first-order chi connectivity index (χ1) is 13.9. The van der Waals surface area contributed by atoms with E-state index in [1.807, 2.05) is 6.92 Å². The van der Waals surface area contributed by atoms with Crippen LogP contribution in [0.4, 0.5) is 0 Å². The van der Waals surface area contributed by atoms with Crippen molar-refractivity contribution in [3.05, 3.63) is 23.3 Å². The molecule has 5 rings (SSSR count). The maximum Gasteiger partial charge on any atom is 0.159 e. The summed E-state index contributed by atoms with van der Waals surface area (Å²) in [5, 5.41) is 0. The molecule has 5 aliphatic rings. The second kappa shape index (κ2) is 6.20. The van der Waals surface area contributed by atoms with Gasteiger partial charge in [-0.15, -0.1) is 0 Å². The van der Waals surface area contributed by atoms with Crippen LogP contribution in [0.5, 0.6) is 0 Å². The van der Waals surface area contributed by atoms with E-state index in [-0.39, 0.29) is 16.7 Å². The molecule has 0 saturated heterocycles. The average molecular weight is 409 g/mol. The quantitative estimate of drug-likeness (QED) is 0.447. The Balaban J connectivity index is 1.61. The van der Waals surface area contributed by atoms with Gasteiger partial charge in [0.15, 0.2) is 11.6 Å². The maximum atomic E-state index is 13.8. The summed E-state index contributed by atoms with van der Waals surface area (Å²) in [4.78, 5) is 26.3. The second-order valence-corrected chi connectivity index (χ2v) is 13.2. The zero-order valence-electron chi connectivity index (χ0n) is 19.9. The molecule has 0 aromatic heterocycles. The van der Waals surface area contributed by atoms with Crippen molar-refractivity contribution in [1.29, 1.82) is 0 Å². The van der Waals surface area contributed by atoms with Crippen LogP contribution in [0.1, 0.15) is 92.9 Å². The summed E-state index contributed by atoms with van der Waals surface area (Å²) >= 11 is 0. The number of allylic oxidation sites excluding steroid dienone is 4. The van der Waals surface area contributed by atoms with Gasteiger partial charge < -0.3 is 0 Å². The average Bonchev–Trinajstić information content (AvgIpc) is 2.65. The van der Waals surface area contributed by atoms with Gasteiger partial charge in [-0.1, -0.05) is 46.3 Å². The van der Waals surface area contributed by atoms with E-state index in [2.05, 4.69) is 46.8 Å². The van der Waals surface area contributed by atoms with Crippen LogP contribution in [0.25, 0.3) is 0 Å². The second-order valence-electron chi connectivity index (χ2n) is 13.2. The van der Waals surface area contributed by atoms with Crippen LogP contribution in [0.3, 0.4) is 0 Å². The number of fused-ring (bicyclic) bond motifs is 7. The summed E-state index contributed by atoms with van der Waals surface area (Å²) in [6, 6.07) is 0. The van der Waals surface area contributed by atoms with Crippen molar-refractivity contribution < 1.29 is 9.59 Å². The molecule has 0 amide bonds. The van der Waals surface area contributed by atoms with Crippen molar-refractivity contribution in [2.75, 3.05) is 0 Å². The fourth-order valence-corrected chi connectivity index (χ4v) is 8.79. The fraction of sp³-hybridized carbons (Fsp3) is 0.786. The SMILES string of the molecule is CC1=CC2(C)C3=CC(=O)C4C5CC(C)(C)CCC5(C)CCC4C3(C)CCC2CC1=O. The highest BCUT2D eigenvalue weighted by Gasteiger charge is 2.62. The monoisotopic (exact) mass is 408 g/mol. The van der Waals surface area contributed by atoms with E-state index in [1.54, 1.807) is 0 Å². The van der Waals surface area contributed by atoms with Gasteiger partial charge in [-0.2, -0.15) is 0 Å². The standard InChI is InChI=1S/C28H40O2/c1-17-15-28(6)18(13-21(17)29)7-10-27(5)19-8-9-26(4)12-11-25(2,3)16-20(26)24(19)22(30)14-23(27)28/h14-15,18-20,24H,7-13,16H2,1-6H3. The maximum absolute atomic E-state index is 13.8. The number of hydrogen-bond acceptors (Lipinski definition) is 2. The van der Waals surface area contributed by atoms with Crippen molar-refractivity contribution >= 4 is 11.6 Å². The molecule has 7 atom stereocenters. The minimum Gasteiger partial charge on any atom is -0.295 e. The largest absolute Gasteiger partial charge is 0.295 e. The Morgan fingerprint density at radius 3 is 2.37 bits per heavy atom. The first-order valence-electron chi connectivity index (χ1n) is 12.4. The number of Topliss-reactive ketones (excluding diaryl/α,β-unsaturated/α-hetero) is 1. The summed E-state index contributed by atoms with van der Waals surface area (Å²) in [6.45, 7) is 14.1. The summed E-state index contributed by atoms with van der Waals surface area (Å²) in [7, 11) is 0. The van der Waals surface area contributed by atoms with Crippen LogP contribution >= 0.6 is 0 Å². The van der Waals surface area contributed by atoms with Crippen molar-refractivity contribution in [3.8, 4) is 0 Å². The molecule has 30 heavy (non-hydrogen) atoms. The highest BCUT2D eigenvalue weighted by Crippen LogP contribution is 2.68. The minimum absolute atomic E-state index is 0.101. The first kappa shape index (κ1) is 20.7. The molecule has 0 N–H and O–H groups in total. The lowest BCUT2D eigenvalue weighted by molar-refractivity contribution is -0.143. The van der Waals surface area contributed by atoms with Crippen LogP contribution in [-0.2, 0) is 9.59 Å². The smallest absolute Gasteiger partial charge is 0.159 e. The molecule has 0 spiro atoms. The topological polar surface area (TPSA) is 34.1 Å². The van der Waals surface area contributed by atoms with E-state index >= 15 is 0 Å². The van der Waals surface area contributed by atoms with Crippen LogP contribution in [0, 0.1) is 45.3 Å². The number of rotatable bonds is 0. The molecule has 0 aromatic rings. The van der Waals surface area contributed by atoms with Crippen molar-refractivity contribution in [2.45, 2.75) is 92.9 Å². The minimum atomic E-state index is -0.127. The molecule has 0 aliphatic heterocycles. The summed E-state index contributed by atoms with van der Waals surface area (Å²) < 4.78 is 0. The number of carbonyl (C=O) groups is 2. The van der Waals surface area contributed by atoms with Gasteiger partial charge in [0.2, 0.25) is 0 Å². The van der Waals surface area contributed by atoms with Gasteiger partial charge in [-0.05, 0) is 97.5 Å². The van der Waals surface area contributed by atoms with Crippen molar-refractivity contribution in [1.82, 2.24) is 0 Å². The number of hydrogen-bond donors (Lipinski definition) is 0. The molecule has 2 nitrogen and oxygen atoms in total. The van der Waals surface area contributed by atoms with E-state index in [0.29, 0.717) is 46.6 Å². The predicted octanol–water partition coefficient (Wildman–Crippen LogP) is 6.70. The third-order valence-electron chi connectivity index (χ3n) is 10.8. The molecule has 5 aliphatic carbocycles. The zero-order valence-corrected chi connectivity index (χ0v) is 19.9. The molecular formula is C28H40O2. The molecule has 7 unspecified atom stereocenters. The normalized spacial score (nSPS) is 49.8. The first-order valence-corrected chi connectivity index (χ1v) is 12.4. The number of ketones is 2. The van der Waals surface area contributed by atoms with Gasteiger partial charge in [-0.3, -0.25) is 9.59 Å². The molecule has 0 bridgehead atoms. The molecule has 3 saturated carbocycles. The van der Waals surface area contributed by atoms with Crippen LogP contribution in [0.2, 0.25) is 0 Å². The van der Waals surface area contributed by atoms with Gasteiger partial charge in [0.25, 0.3) is 0 Å². The lowest BCUT2D eigenvalue weighted by atomic mass is 9.40. The lowest BCUT2D eigenvalue weighted by Crippen LogP contribution is -2.58. The molecule has 2 heteroatoms. The van der Waals surface area contributed by atoms with Crippen molar-refractivity contribution in [2.24, 2.45) is 45.3 Å². The summed E-state index contributed by atoms with van der Waals surface area (Å²) in [5.74, 6) is 2.27. The van der Waals surface area contributed by atoms with E-state index < -0.39 is 0 Å². The van der Waals surface area contributed by atoms with Gasteiger partial charge in [0.1, 0.15) is 0 Å². The fourth-order valence-electron chi connectivity index (χ4n) is 8.79. The third kappa shape index (κ3) is 2.67. The Hall–Kier alpha value is -1.18. The van der Waals surface area contributed by atoms with E-state index in [9.17, 15) is 9.59 Å². The van der Waals surface area contributed by atoms with E-state index in [1.165, 1.54) is 37.7 Å². The van der Waals surface area contributed by atoms with E-state index in [0.717, 1.165) is 18.4 Å². The van der Waals surface area contributed by atoms with Crippen molar-refractivity contribution in [3.63, 3.8) is 0 Å². The van der Waals surface area contributed by atoms with Crippen LogP contribution in [0.15, 0.2) is 23.3 Å². The highest BCUT2D eigenvalue weighted by atomic mass is 16.1. The molecule has 0 heterocycles.